The molecule has 12 heteroatoms. The molecule has 0 amide bonds. The number of halogens is 2. The lowest BCUT2D eigenvalue weighted by molar-refractivity contribution is -0.385. The Morgan fingerprint density at radius 2 is 0.841 bits per heavy atom. The van der Waals surface area contributed by atoms with Crippen LogP contribution in [0.15, 0.2) is 122 Å². The van der Waals surface area contributed by atoms with Gasteiger partial charge in [0.2, 0.25) is 0 Å². The van der Waals surface area contributed by atoms with Crippen LogP contribution in [0.1, 0.15) is 11.1 Å². The maximum atomic E-state index is 10.9. The van der Waals surface area contributed by atoms with Gasteiger partial charge in [-0.2, -0.15) is 0 Å². The molecule has 10 nitrogen and oxygen atoms in total. The van der Waals surface area contributed by atoms with E-state index < -0.39 is 0 Å². The quantitative estimate of drug-likeness (QED) is 0.127. The Kier molecular flexibility index (Phi) is 10.4. The number of nitro benzene ring substituents is 2. The zero-order valence-electron chi connectivity index (χ0n) is 23.5. The van der Waals surface area contributed by atoms with Crippen molar-refractivity contribution in [2.24, 2.45) is 0 Å². The minimum Gasteiger partial charge on any atom is -0.354 e. The molecule has 0 aromatic heterocycles. The van der Waals surface area contributed by atoms with E-state index >= 15 is 0 Å². The minimum atomic E-state index is -0.383. The van der Waals surface area contributed by atoms with Crippen molar-refractivity contribution in [2.45, 2.75) is 13.1 Å². The molecule has 0 N–H and O–H groups in total. The van der Waals surface area contributed by atoms with E-state index in [1.54, 1.807) is 48.5 Å². The highest BCUT2D eigenvalue weighted by Crippen LogP contribution is 2.29. The number of nitro groups is 2. The summed E-state index contributed by atoms with van der Waals surface area (Å²) in [7, 11) is 0. The molecule has 0 saturated heterocycles. The molecule has 0 radical (unpaired) electrons. The lowest BCUT2D eigenvalue weighted by Crippen LogP contribution is -2.24. The topological polar surface area (TPSA) is 99.2 Å². The maximum Gasteiger partial charge on any atom is 0.269 e. The zero-order valence-corrected chi connectivity index (χ0v) is 26.9. The minimum absolute atomic E-state index is 0. The van der Waals surface area contributed by atoms with Gasteiger partial charge in [-0.15, -0.1) is 34.0 Å². The molecular weight excluding hydrogens is 692 g/mol. The summed E-state index contributed by atoms with van der Waals surface area (Å²) in [4.78, 5) is 29.7. The first kappa shape index (κ1) is 32.2. The monoisotopic (exact) mass is 720 g/mol. The standard InChI is InChI=1S/C32H28N6O4.2BrH/c39-37(40)31-9-1-25(2-10-31)21-33-17-19-35(23-33)29-13-5-27(6-14-29)28-7-15-30(16-8-28)36-20-18-34(24-36)22-26-3-11-32(12-4-26)38(41)42;;/h1-20H,21-24H2;2*1H. The summed E-state index contributed by atoms with van der Waals surface area (Å²) in [6.45, 7) is 2.76. The fraction of sp³-hybridized carbons (Fsp3) is 0.125. The van der Waals surface area contributed by atoms with Crippen molar-refractivity contribution in [3.63, 3.8) is 0 Å². The molecule has 4 aromatic rings. The van der Waals surface area contributed by atoms with Gasteiger partial charge in [0.25, 0.3) is 11.4 Å². The number of nitrogens with zero attached hydrogens (tertiary/aromatic N) is 6. The molecule has 4 aromatic carbocycles. The van der Waals surface area contributed by atoms with E-state index in [0.29, 0.717) is 26.4 Å². The van der Waals surface area contributed by atoms with Gasteiger partial charge in [-0.1, -0.05) is 48.5 Å². The molecule has 2 aliphatic heterocycles. The van der Waals surface area contributed by atoms with Crippen molar-refractivity contribution in [1.29, 1.82) is 0 Å². The Labute approximate surface area is 276 Å². The Bertz CT molecular complexity index is 1520. The predicted molar refractivity (Wildman–Crippen MR) is 183 cm³/mol. The largest absolute Gasteiger partial charge is 0.354 e. The van der Waals surface area contributed by atoms with Crippen molar-refractivity contribution in [3.8, 4) is 11.1 Å². The van der Waals surface area contributed by atoms with Crippen molar-refractivity contribution < 1.29 is 9.85 Å². The first-order valence-electron chi connectivity index (χ1n) is 13.5. The molecule has 0 atom stereocenters. The van der Waals surface area contributed by atoms with Crippen LogP contribution in [0, 0.1) is 20.2 Å². The van der Waals surface area contributed by atoms with Gasteiger partial charge in [-0.05, 0) is 46.5 Å². The number of rotatable bonds is 9. The Morgan fingerprint density at radius 1 is 0.500 bits per heavy atom. The molecule has 0 spiro atoms. The molecule has 0 saturated carbocycles. The molecule has 0 fully saturated rings. The number of anilines is 2. The molecule has 44 heavy (non-hydrogen) atoms. The van der Waals surface area contributed by atoms with Crippen molar-refractivity contribution >= 4 is 56.7 Å². The van der Waals surface area contributed by atoms with Crippen molar-refractivity contribution in [1.82, 2.24) is 9.80 Å². The fourth-order valence-electron chi connectivity index (χ4n) is 5.08. The highest BCUT2D eigenvalue weighted by atomic mass is 79.9. The Morgan fingerprint density at radius 3 is 1.16 bits per heavy atom. The van der Waals surface area contributed by atoms with Crippen LogP contribution in [0.3, 0.4) is 0 Å². The van der Waals surface area contributed by atoms with Gasteiger partial charge in [0.05, 0.1) is 23.2 Å². The summed E-state index contributed by atoms with van der Waals surface area (Å²) in [5.41, 5.74) is 6.69. The van der Waals surface area contributed by atoms with Gasteiger partial charge in [0.15, 0.2) is 0 Å². The van der Waals surface area contributed by atoms with Gasteiger partial charge in [0, 0.05) is 73.5 Å². The average Bonchev–Trinajstić information content (AvgIpc) is 3.68. The summed E-state index contributed by atoms with van der Waals surface area (Å²) in [6.07, 6.45) is 8.16. The molecule has 2 heterocycles. The first-order chi connectivity index (χ1) is 20.4. The first-order valence-corrected chi connectivity index (χ1v) is 13.5. The summed E-state index contributed by atoms with van der Waals surface area (Å²) in [5.74, 6) is 0. The smallest absolute Gasteiger partial charge is 0.269 e. The number of hydrogen-bond acceptors (Lipinski definition) is 8. The lowest BCUT2D eigenvalue weighted by Gasteiger charge is -2.22. The predicted octanol–water partition coefficient (Wildman–Crippen LogP) is 7.83. The Hall–Kier alpha value is -4.68. The van der Waals surface area contributed by atoms with Crippen molar-refractivity contribution in [3.05, 3.63) is 153 Å². The van der Waals surface area contributed by atoms with Gasteiger partial charge in [-0.3, -0.25) is 20.2 Å². The lowest BCUT2D eigenvalue weighted by atomic mass is 10.0. The normalized spacial score (nSPS) is 13.5. The molecule has 0 unspecified atom stereocenters. The SMILES string of the molecule is Br.Br.O=[N+]([O-])c1ccc(CN2C=CN(c3ccc(-c4ccc(N5C=CN(Cc6ccc([N+](=O)[O-])cc6)C5)cc4)cc3)C2)cc1. The van der Waals surface area contributed by atoms with Crippen LogP contribution in [0.5, 0.6) is 0 Å². The molecule has 2 aliphatic rings. The van der Waals surface area contributed by atoms with Crippen LogP contribution in [0.2, 0.25) is 0 Å². The second kappa shape index (κ2) is 14.2. The van der Waals surface area contributed by atoms with Crippen LogP contribution < -0.4 is 9.80 Å². The third-order valence-electron chi connectivity index (χ3n) is 7.38. The van der Waals surface area contributed by atoms with E-state index in [1.165, 1.54) is 0 Å². The van der Waals surface area contributed by atoms with E-state index in [0.717, 1.165) is 33.6 Å². The second-order valence-electron chi connectivity index (χ2n) is 10.3. The van der Waals surface area contributed by atoms with Crippen LogP contribution >= 0.6 is 34.0 Å². The Balaban J connectivity index is 0.00000221. The van der Waals surface area contributed by atoms with E-state index in [-0.39, 0.29) is 55.2 Å². The van der Waals surface area contributed by atoms with E-state index in [2.05, 4.69) is 68.1 Å². The van der Waals surface area contributed by atoms with E-state index in [1.807, 2.05) is 24.8 Å². The van der Waals surface area contributed by atoms with Crippen LogP contribution in [-0.4, -0.2) is 33.0 Å². The molecule has 0 bridgehead atoms. The summed E-state index contributed by atoms with van der Waals surface area (Å²) in [6, 6.07) is 30.3. The van der Waals surface area contributed by atoms with Crippen LogP contribution in [0.25, 0.3) is 11.1 Å². The molecule has 226 valence electrons. The summed E-state index contributed by atoms with van der Waals surface area (Å²) >= 11 is 0. The highest BCUT2D eigenvalue weighted by Gasteiger charge is 2.17. The van der Waals surface area contributed by atoms with Gasteiger partial charge in [-0.25, -0.2) is 0 Å². The average molecular weight is 722 g/mol. The molecule has 6 rings (SSSR count). The maximum absolute atomic E-state index is 10.9. The van der Waals surface area contributed by atoms with E-state index in [4.69, 9.17) is 0 Å². The molecule has 0 aliphatic carbocycles. The zero-order chi connectivity index (χ0) is 29.1. The van der Waals surface area contributed by atoms with Crippen molar-refractivity contribution in [2.75, 3.05) is 23.1 Å². The highest BCUT2D eigenvalue weighted by molar-refractivity contribution is 8.93. The number of benzene rings is 4. The molecular formula is C32H30Br2N6O4. The second-order valence-corrected chi connectivity index (χ2v) is 10.3. The van der Waals surface area contributed by atoms with Gasteiger partial charge in [0.1, 0.15) is 0 Å². The van der Waals surface area contributed by atoms with Crippen LogP contribution in [0.4, 0.5) is 22.7 Å². The third kappa shape index (κ3) is 7.44. The van der Waals surface area contributed by atoms with Gasteiger partial charge < -0.3 is 19.6 Å². The third-order valence-corrected chi connectivity index (χ3v) is 7.38. The number of non-ortho nitro benzene ring substituents is 2. The summed E-state index contributed by atoms with van der Waals surface area (Å²) in [5, 5.41) is 21.8. The van der Waals surface area contributed by atoms with Gasteiger partial charge >= 0.3 is 0 Å². The van der Waals surface area contributed by atoms with E-state index in [9.17, 15) is 20.2 Å². The number of hydrogen-bond donors (Lipinski definition) is 0. The summed E-state index contributed by atoms with van der Waals surface area (Å²) < 4.78 is 0. The van der Waals surface area contributed by atoms with Crippen LogP contribution in [-0.2, 0) is 13.1 Å². The fourth-order valence-corrected chi connectivity index (χ4v) is 5.08.